The first-order valence-corrected chi connectivity index (χ1v) is 7.82. The van der Waals surface area contributed by atoms with Gasteiger partial charge in [0.15, 0.2) is 6.61 Å². The van der Waals surface area contributed by atoms with Gasteiger partial charge in [-0.2, -0.15) is 18.3 Å². The maximum Gasteiger partial charge on any atom is 0.422 e. The molecule has 0 radical (unpaired) electrons. The van der Waals surface area contributed by atoms with E-state index in [2.05, 4.69) is 19.2 Å². The highest BCUT2D eigenvalue weighted by molar-refractivity contribution is 7.90. The second kappa shape index (κ2) is 6.37. The van der Waals surface area contributed by atoms with Crippen LogP contribution in [0.3, 0.4) is 0 Å². The van der Waals surface area contributed by atoms with Crippen molar-refractivity contribution in [2.75, 3.05) is 6.61 Å². The second-order valence-electron chi connectivity index (χ2n) is 4.55. The van der Waals surface area contributed by atoms with Crippen LogP contribution in [0.1, 0.15) is 17.7 Å². The maximum absolute atomic E-state index is 13.0. The van der Waals surface area contributed by atoms with Crippen LogP contribution in [0.15, 0.2) is 22.1 Å². The van der Waals surface area contributed by atoms with E-state index in [1.54, 1.807) is 0 Å². The molecular formula is C11H10F5N3O4S. The molecule has 2 aromatic rings. The molecule has 0 unspecified atom stereocenters. The van der Waals surface area contributed by atoms with E-state index in [4.69, 9.17) is 0 Å². The molecule has 134 valence electrons. The lowest BCUT2D eigenvalue weighted by Gasteiger charge is -2.11. The van der Waals surface area contributed by atoms with Gasteiger partial charge in [0.2, 0.25) is 15.7 Å². The van der Waals surface area contributed by atoms with E-state index in [0.717, 1.165) is 19.5 Å². The molecule has 0 aliphatic heterocycles. The van der Waals surface area contributed by atoms with E-state index < -0.39 is 57.2 Å². The molecule has 0 amide bonds. The summed E-state index contributed by atoms with van der Waals surface area (Å²) in [5, 5.41) is 2.58. The number of halogens is 5. The fraction of sp³-hybridized carbons (Fsp3) is 0.455. The SMILES string of the molecule is Cn1nc(C(F)F)c(CS(=O)(=O)c2ncco2)c1OCC(F)(F)F. The van der Waals surface area contributed by atoms with Crippen LogP contribution in [0.2, 0.25) is 0 Å². The fourth-order valence-corrected chi connectivity index (χ4v) is 3.03. The quantitative estimate of drug-likeness (QED) is 0.720. The van der Waals surface area contributed by atoms with Crippen LogP contribution in [0, 0.1) is 0 Å². The van der Waals surface area contributed by atoms with Gasteiger partial charge in [-0.1, -0.05) is 0 Å². The normalized spacial score (nSPS) is 12.8. The van der Waals surface area contributed by atoms with Crippen molar-refractivity contribution >= 4 is 9.84 Å². The number of rotatable bonds is 6. The molecule has 0 atom stereocenters. The van der Waals surface area contributed by atoms with E-state index in [0.29, 0.717) is 4.68 Å². The average molecular weight is 375 g/mol. The topological polar surface area (TPSA) is 87.2 Å². The highest BCUT2D eigenvalue weighted by atomic mass is 32.2. The molecule has 0 bridgehead atoms. The summed E-state index contributed by atoms with van der Waals surface area (Å²) in [6.07, 6.45) is -5.99. The summed E-state index contributed by atoms with van der Waals surface area (Å²) >= 11 is 0. The van der Waals surface area contributed by atoms with Gasteiger partial charge in [0.05, 0.1) is 17.5 Å². The summed E-state index contributed by atoms with van der Waals surface area (Å²) in [7, 11) is -3.26. The summed E-state index contributed by atoms with van der Waals surface area (Å²) in [5.41, 5.74) is -1.68. The number of ether oxygens (including phenoxy) is 1. The molecule has 0 saturated heterocycles. The van der Waals surface area contributed by atoms with Gasteiger partial charge >= 0.3 is 11.4 Å². The second-order valence-corrected chi connectivity index (χ2v) is 6.42. The minimum absolute atomic E-state index is 0.619. The zero-order valence-corrected chi connectivity index (χ0v) is 12.7. The largest absolute Gasteiger partial charge is 0.468 e. The lowest BCUT2D eigenvalue weighted by Crippen LogP contribution is -2.21. The Morgan fingerprint density at radius 3 is 2.54 bits per heavy atom. The fourth-order valence-electron chi connectivity index (χ4n) is 1.83. The predicted molar refractivity (Wildman–Crippen MR) is 67.1 cm³/mol. The van der Waals surface area contributed by atoms with Crippen LogP contribution in [0.4, 0.5) is 22.0 Å². The summed E-state index contributed by atoms with van der Waals surface area (Å²) in [6.45, 7) is -1.79. The van der Waals surface area contributed by atoms with Crippen molar-refractivity contribution in [2.24, 2.45) is 7.05 Å². The summed E-state index contributed by atoms with van der Waals surface area (Å²) in [5.74, 6) is -1.83. The Bertz CT molecular complexity index is 798. The van der Waals surface area contributed by atoms with Crippen LogP contribution in [0.25, 0.3) is 0 Å². The molecule has 24 heavy (non-hydrogen) atoms. The van der Waals surface area contributed by atoms with Crippen molar-refractivity contribution in [3.63, 3.8) is 0 Å². The zero-order valence-electron chi connectivity index (χ0n) is 11.9. The Morgan fingerprint density at radius 1 is 1.38 bits per heavy atom. The van der Waals surface area contributed by atoms with Gasteiger partial charge in [-0.3, -0.25) is 0 Å². The molecule has 0 aliphatic rings. The van der Waals surface area contributed by atoms with E-state index in [9.17, 15) is 30.4 Å². The number of sulfone groups is 1. The van der Waals surface area contributed by atoms with Gasteiger partial charge in [-0.25, -0.2) is 26.9 Å². The Morgan fingerprint density at radius 2 is 2.04 bits per heavy atom. The van der Waals surface area contributed by atoms with Crippen molar-refractivity contribution in [1.29, 1.82) is 0 Å². The van der Waals surface area contributed by atoms with Crippen molar-refractivity contribution < 1.29 is 39.5 Å². The molecule has 7 nitrogen and oxygen atoms in total. The van der Waals surface area contributed by atoms with Crippen LogP contribution in [-0.4, -0.2) is 36.0 Å². The number of aromatic nitrogens is 3. The van der Waals surface area contributed by atoms with Gasteiger partial charge in [0.1, 0.15) is 12.0 Å². The first kappa shape index (κ1) is 18.2. The maximum atomic E-state index is 13.0. The van der Waals surface area contributed by atoms with Gasteiger partial charge in [-0.15, -0.1) is 0 Å². The first-order chi connectivity index (χ1) is 11.0. The van der Waals surface area contributed by atoms with Crippen molar-refractivity contribution in [1.82, 2.24) is 14.8 Å². The standard InChI is InChI=1S/C11H10F5N3O4S/c1-19-9(23-5-11(14,15)16)6(7(18-19)8(12)13)4-24(20,21)10-17-2-3-22-10/h2-3,8H,4-5H2,1H3. The highest BCUT2D eigenvalue weighted by Gasteiger charge is 2.34. The molecule has 0 aliphatic carbocycles. The average Bonchev–Trinajstić information content (AvgIpc) is 3.05. The number of aryl methyl sites for hydroxylation is 1. The zero-order chi connectivity index (χ0) is 18.1. The van der Waals surface area contributed by atoms with Crippen LogP contribution >= 0.6 is 0 Å². The first-order valence-electron chi connectivity index (χ1n) is 6.17. The monoisotopic (exact) mass is 375 g/mol. The Kier molecular flexibility index (Phi) is 4.82. The molecular weight excluding hydrogens is 365 g/mol. The summed E-state index contributed by atoms with van der Waals surface area (Å²) < 4.78 is 96.7. The Hall–Kier alpha value is -2.18. The van der Waals surface area contributed by atoms with Crippen molar-refractivity contribution in [3.8, 4) is 5.88 Å². The number of oxazole rings is 1. The number of alkyl halides is 5. The van der Waals surface area contributed by atoms with Gasteiger partial charge in [0.25, 0.3) is 6.43 Å². The van der Waals surface area contributed by atoms with E-state index in [1.165, 1.54) is 0 Å². The molecule has 2 rings (SSSR count). The molecule has 2 heterocycles. The number of hydrogen-bond donors (Lipinski definition) is 0. The Balaban J connectivity index is 2.43. The summed E-state index contributed by atoms with van der Waals surface area (Å²) in [6, 6.07) is 0. The third-order valence-corrected chi connectivity index (χ3v) is 4.11. The predicted octanol–water partition coefficient (Wildman–Crippen LogP) is 2.26. The van der Waals surface area contributed by atoms with Gasteiger partial charge in [-0.05, 0) is 0 Å². The Labute approximate surface area is 132 Å². The van der Waals surface area contributed by atoms with Gasteiger partial charge in [0, 0.05) is 7.05 Å². The molecule has 0 saturated carbocycles. The molecule has 13 heteroatoms. The van der Waals surface area contributed by atoms with Crippen LogP contribution < -0.4 is 4.74 Å². The molecule has 0 fully saturated rings. The number of hydrogen-bond acceptors (Lipinski definition) is 6. The minimum Gasteiger partial charge on any atom is -0.468 e. The lowest BCUT2D eigenvalue weighted by atomic mass is 10.3. The van der Waals surface area contributed by atoms with E-state index in [1.807, 2.05) is 0 Å². The smallest absolute Gasteiger partial charge is 0.422 e. The third-order valence-electron chi connectivity index (χ3n) is 2.71. The lowest BCUT2D eigenvalue weighted by molar-refractivity contribution is -0.154. The minimum atomic E-state index is -4.74. The molecule has 0 aromatic carbocycles. The van der Waals surface area contributed by atoms with Crippen LogP contribution in [-0.2, 0) is 22.6 Å². The highest BCUT2D eigenvalue weighted by Crippen LogP contribution is 2.33. The molecule has 0 spiro atoms. The van der Waals surface area contributed by atoms with Gasteiger partial charge < -0.3 is 9.15 Å². The molecule has 0 N–H and O–H groups in total. The number of nitrogens with zero attached hydrogens (tertiary/aromatic N) is 3. The van der Waals surface area contributed by atoms with E-state index in [-0.39, 0.29) is 0 Å². The van der Waals surface area contributed by atoms with E-state index >= 15 is 0 Å². The van der Waals surface area contributed by atoms with Crippen molar-refractivity contribution in [3.05, 3.63) is 23.7 Å². The van der Waals surface area contributed by atoms with Crippen molar-refractivity contribution in [2.45, 2.75) is 23.6 Å². The molecule has 2 aromatic heterocycles. The summed E-state index contributed by atoms with van der Waals surface area (Å²) in [4.78, 5) is 3.39. The van der Waals surface area contributed by atoms with Crippen LogP contribution in [0.5, 0.6) is 5.88 Å². The third kappa shape index (κ3) is 4.01.